The Bertz CT molecular complexity index is 1300. The zero-order chi connectivity index (χ0) is 25.8. The van der Waals surface area contributed by atoms with Crippen LogP contribution in [0.15, 0.2) is 53.4 Å². The zero-order valence-electron chi connectivity index (χ0n) is 20.6. The van der Waals surface area contributed by atoms with Crippen molar-refractivity contribution >= 4 is 21.9 Å². The van der Waals surface area contributed by atoms with E-state index in [1.54, 1.807) is 0 Å². The maximum absolute atomic E-state index is 13.1. The monoisotopic (exact) mass is 495 g/mol. The van der Waals surface area contributed by atoms with Crippen LogP contribution >= 0.6 is 0 Å². The third-order valence-corrected chi connectivity index (χ3v) is 7.04. The zero-order valence-corrected chi connectivity index (χ0v) is 21.4. The van der Waals surface area contributed by atoms with Crippen molar-refractivity contribution in [3.8, 4) is 11.3 Å². The summed E-state index contributed by atoms with van der Waals surface area (Å²) in [6.45, 7) is 8.23. The van der Waals surface area contributed by atoms with Gasteiger partial charge in [0.2, 0.25) is 11.9 Å². The molecule has 1 amide bonds. The molecule has 0 saturated heterocycles. The van der Waals surface area contributed by atoms with Gasteiger partial charge in [0.15, 0.2) is 0 Å². The Balaban J connectivity index is 2.01. The second-order valence-electron chi connectivity index (χ2n) is 9.26. The molecule has 0 spiro atoms. The lowest BCUT2D eigenvalue weighted by Crippen LogP contribution is -2.23. The molecule has 3 rings (SSSR count). The Morgan fingerprint density at radius 2 is 1.69 bits per heavy atom. The summed E-state index contributed by atoms with van der Waals surface area (Å²) in [4.78, 5) is 20.4. The van der Waals surface area contributed by atoms with Gasteiger partial charge in [-0.2, -0.15) is 0 Å². The predicted octanol–water partition coefficient (Wildman–Crippen LogP) is 3.97. The van der Waals surface area contributed by atoms with Crippen LogP contribution in [0.4, 0.5) is 5.95 Å². The molecule has 0 fully saturated rings. The van der Waals surface area contributed by atoms with Crippen molar-refractivity contribution in [1.29, 1.82) is 0 Å². The van der Waals surface area contributed by atoms with Crippen LogP contribution in [0, 0.1) is 19.8 Å². The predicted molar refractivity (Wildman–Crippen MR) is 138 cm³/mol. The molecule has 9 heteroatoms. The number of primary amides is 1. The average Bonchev–Trinajstić information content (AvgIpc) is 2.77. The number of sulfonamides is 1. The molecule has 186 valence electrons. The molecule has 8 nitrogen and oxygen atoms in total. The van der Waals surface area contributed by atoms with E-state index in [-0.39, 0.29) is 22.4 Å². The third-order valence-electron chi connectivity index (χ3n) is 5.72. The second-order valence-corrected chi connectivity index (χ2v) is 10.9. The highest BCUT2D eigenvalue weighted by molar-refractivity contribution is 7.92. The van der Waals surface area contributed by atoms with Crippen molar-refractivity contribution in [3.63, 3.8) is 0 Å². The van der Waals surface area contributed by atoms with Gasteiger partial charge in [0, 0.05) is 22.9 Å². The first-order chi connectivity index (χ1) is 16.5. The number of nitrogens with two attached hydrogens (primary N) is 2. The third kappa shape index (κ3) is 6.86. The molecule has 0 radical (unpaired) electrons. The Hall–Kier alpha value is -3.30. The van der Waals surface area contributed by atoms with E-state index in [0.717, 1.165) is 23.1 Å². The largest absolute Gasteiger partial charge is 0.366 e. The minimum absolute atomic E-state index is 0.0188. The number of carbonyl (C=O) groups is 1. The average molecular weight is 496 g/mol. The number of aromatic nitrogens is 2. The molecule has 0 bridgehead atoms. The molecule has 1 aromatic heterocycles. The molecular weight excluding hydrogens is 462 g/mol. The maximum atomic E-state index is 13.1. The topological polar surface area (TPSA) is 141 Å². The van der Waals surface area contributed by atoms with Crippen LogP contribution in [-0.4, -0.2) is 30.3 Å². The normalized spacial score (nSPS) is 12.5. The number of benzene rings is 2. The number of amides is 1. The molecule has 35 heavy (non-hydrogen) atoms. The SMILES string of the molecule is Cc1cccc(C)c1-c1cc(CC[C@H](N)CC(C)C)nc(NS(=O)(=O)c2cccc(C(N)=O)c2)n1. The molecule has 0 aliphatic rings. The first-order valence-corrected chi connectivity index (χ1v) is 13.1. The summed E-state index contributed by atoms with van der Waals surface area (Å²) in [5.74, 6) is -0.267. The van der Waals surface area contributed by atoms with E-state index in [2.05, 4.69) is 28.5 Å². The summed E-state index contributed by atoms with van der Waals surface area (Å²) < 4.78 is 28.7. The second kappa shape index (κ2) is 11.0. The Kier molecular flexibility index (Phi) is 8.24. The minimum Gasteiger partial charge on any atom is -0.366 e. The van der Waals surface area contributed by atoms with Crippen molar-refractivity contribution in [2.75, 3.05) is 4.72 Å². The summed E-state index contributed by atoms with van der Waals surface area (Å²) in [6, 6.07) is 13.4. The highest BCUT2D eigenvalue weighted by atomic mass is 32.2. The number of carbonyl (C=O) groups excluding carboxylic acids is 1. The standard InChI is InChI=1S/C26H33N5O3S/c1-16(2)13-20(27)11-12-21-15-23(24-17(3)7-5-8-18(24)4)30-26(29-21)31-35(33,34)22-10-6-9-19(14-22)25(28)32/h5-10,14-16,20H,11-13,27H2,1-4H3,(H2,28,32)(H,29,30,31)/t20-/m0/s1. The Labute approximate surface area is 207 Å². The highest BCUT2D eigenvalue weighted by Crippen LogP contribution is 2.28. The molecule has 0 aliphatic heterocycles. The van der Waals surface area contributed by atoms with Gasteiger partial charge in [0.1, 0.15) is 0 Å². The van der Waals surface area contributed by atoms with Crippen LogP contribution in [-0.2, 0) is 16.4 Å². The van der Waals surface area contributed by atoms with Gasteiger partial charge < -0.3 is 11.5 Å². The van der Waals surface area contributed by atoms with Gasteiger partial charge in [-0.3, -0.25) is 4.79 Å². The van der Waals surface area contributed by atoms with E-state index < -0.39 is 15.9 Å². The van der Waals surface area contributed by atoms with E-state index in [9.17, 15) is 13.2 Å². The van der Waals surface area contributed by atoms with E-state index in [4.69, 9.17) is 11.5 Å². The molecule has 1 atom stereocenters. The van der Waals surface area contributed by atoms with Crippen LogP contribution in [0.25, 0.3) is 11.3 Å². The summed E-state index contributed by atoms with van der Waals surface area (Å²) in [5, 5.41) is 0. The van der Waals surface area contributed by atoms with E-state index in [1.165, 1.54) is 24.3 Å². The number of anilines is 1. The van der Waals surface area contributed by atoms with Crippen molar-refractivity contribution in [2.24, 2.45) is 17.4 Å². The molecule has 5 N–H and O–H groups in total. The van der Waals surface area contributed by atoms with Gasteiger partial charge in [-0.1, -0.05) is 38.1 Å². The van der Waals surface area contributed by atoms with Crippen molar-refractivity contribution < 1.29 is 13.2 Å². The van der Waals surface area contributed by atoms with Crippen molar-refractivity contribution in [1.82, 2.24) is 9.97 Å². The van der Waals surface area contributed by atoms with Gasteiger partial charge in [-0.05, 0) is 74.4 Å². The van der Waals surface area contributed by atoms with Gasteiger partial charge in [0.25, 0.3) is 10.0 Å². The van der Waals surface area contributed by atoms with Crippen LogP contribution in [0.2, 0.25) is 0 Å². The fourth-order valence-electron chi connectivity index (χ4n) is 4.07. The lowest BCUT2D eigenvalue weighted by molar-refractivity contribution is 0.1000. The molecular formula is C26H33N5O3S. The summed E-state index contributed by atoms with van der Waals surface area (Å²) in [6.07, 6.45) is 2.19. The van der Waals surface area contributed by atoms with Crippen LogP contribution in [0.1, 0.15) is 53.9 Å². The summed E-state index contributed by atoms with van der Waals surface area (Å²) >= 11 is 0. The number of hydrogen-bond donors (Lipinski definition) is 3. The fourth-order valence-corrected chi connectivity index (χ4v) is 5.06. The van der Waals surface area contributed by atoms with E-state index in [0.29, 0.717) is 30.1 Å². The van der Waals surface area contributed by atoms with Crippen molar-refractivity contribution in [2.45, 2.75) is 57.9 Å². The van der Waals surface area contributed by atoms with Crippen LogP contribution < -0.4 is 16.2 Å². The first kappa shape index (κ1) is 26.3. The van der Waals surface area contributed by atoms with Crippen LogP contribution in [0.5, 0.6) is 0 Å². The van der Waals surface area contributed by atoms with Gasteiger partial charge in [0.05, 0.1) is 10.6 Å². The molecule has 1 heterocycles. The highest BCUT2D eigenvalue weighted by Gasteiger charge is 2.19. The van der Waals surface area contributed by atoms with Crippen LogP contribution in [0.3, 0.4) is 0 Å². The lowest BCUT2D eigenvalue weighted by atomic mass is 9.97. The van der Waals surface area contributed by atoms with Crippen molar-refractivity contribution in [3.05, 3.63) is 70.9 Å². The first-order valence-electron chi connectivity index (χ1n) is 11.6. The maximum Gasteiger partial charge on any atom is 0.264 e. The molecule has 0 aliphatic carbocycles. The Morgan fingerprint density at radius 3 is 2.31 bits per heavy atom. The smallest absolute Gasteiger partial charge is 0.264 e. The Morgan fingerprint density at radius 1 is 1.03 bits per heavy atom. The number of nitrogens with zero attached hydrogens (tertiary/aromatic N) is 2. The summed E-state index contributed by atoms with van der Waals surface area (Å²) in [7, 11) is -4.06. The number of hydrogen-bond acceptors (Lipinski definition) is 6. The quantitative estimate of drug-likeness (QED) is 0.389. The molecule has 3 aromatic rings. The van der Waals surface area contributed by atoms with E-state index in [1.807, 2.05) is 38.1 Å². The van der Waals surface area contributed by atoms with Gasteiger partial charge in [-0.15, -0.1) is 0 Å². The number of nitrogens with one attached hydrogen (secondary N) is 1. The fraction of sp³-hybridized carbons (Fsp3) is 0.346. The number of aryl methyl sites for hydroxylation is 3. The van der Waals surface area contributed by atoms with Gasteiger partial charge in [-0.25, -0.2) is 23.1 Å². The molecule has 0 saturated carbocycles. The minimum atomic E-state index is -4.06. The summed E-state index contributed by atoms with van der Waals surface area (Å²) in [5.41, 5.74) is 16.0. The lowest BCUT2D eigenvalue weighted by Gasteiger charge is -2.16. The van der Waals surface area contributed by atoms with Gasteiger partial charge >= 0.3 is 0 Å². The van der Waals surface area contributed by atoms with E-state index >= 15 is 0 Å². The number of rotatable bonds is 10. The molecule has 2 aromatic carbocycles. The molecule has 0 unspecified atom stereocenters.